The van der Waals surface area contributed by atoms with Crippen molar-refractivity contribution in [3.63, 3.8) is 0 Å². The molecule has 0 N–H and O–H groups in total. The van der Waals surface area contributed by atoms with Crippen molar-refractivity contribution in [3.8, 4) is 0 Å². The number of hydrogen-bond donors (Lipinski definition) is 0. The molecule has 0 spiro atoms. The minimum atomic E-state index is 0.0834. The van der Waals surface area contributed by atoms with Crippen LogP contribution in [-0.4, -0.2) is 35.4 Å². The van der Waals surface area contributed by atoms with Crippen molar-refractivity contribution >= 4 is 11.7 Å². The van der Waals surface area contributed by atoms with Crippen LogP contribution in [-0.2, 0) is 4.79 Å². The van der Waals surface area contributed by atoms with E-state index in [1.54, 1.807) is 0 Å². The number of aromatic nitrogens is 1. The largest absolute Gasteiger partial charge is 0.356 e. The van der Waals surface area contributed by atoms with Gasteiger partial charge in [-0.15, -0.1) is 0 Å². The van der Waals surface area contributed by atoms with Crippen LogP contribution >= 0.6 is 0 Å². The van der Waals surface area contributed by atoms with Crippen molar-refractivity contribution in [1.29, 1.82) is 0 Å². The van der Waals surface area contributed by atoms with Gasteiger partial charge >= 0.3 is 0 Å². The van der Waals surface area contributed by atoms with Crippen LogP contribution in [0.1, 0.15) is 37.3 Å². The zero-order chi connectivity index (χ0) is 17.1. The molecule has 2 aliphatic rings. The molecule has 2 aromatic rings. The molecule has 0 aliphatic carbocycles. The van der Waals surface area contributed by atoms with E-state index in [9.17, 15) is 4.79 Å². The van der Waals surface area contributed by atoms with Gasteiger partial charge in [-0.05, 0) is 43.4 Å². The molecule has 25 heavy (non-hydrogen) atoms. The highest BCUT2D eigenvalue weighted by atomic mass is 16.2. The third-order valence-electron chi connectivity index (χ3n) is 5.46. The summed E-state index contributed by atoms with van der Waals surface area (Å²) in [7, 11) is 0. The number of likely N-dealkylation sites (tertiary alicyclic amines) is 1. The average molecular weight is 335 g/mol. The molecule has 4 nitrogen and oxygen atoms in total. The topological polar surface area (TPSA) is 36.4 Å². The Morgan fingerprint density at radius 2 is 1.76 bits per heavy atom. The lowest BCUT2D eigenvalue weighted by Crippen LogP contribution is -2.45. The first kappa shape index (κ1) is 16.1. The van der Waals surface area contributed by atoms with Gasteiger partial charge in [-0.3, -0.25) is 4.79 Å². The summed E-state index contributed by atoms with van der Waals surface area (Å²) in [6.45, 7) is 2.66. The SMILES string of the molecule is O=C([C@H]1CCCN(c2ccccn2)C1)N1CCC[C@@H]1c1ccccc1. The lowest BCUT2D eigenvalue weighted by molar-refractivity contribution is -0.136. The molecule has 1 aromatic heterocycles. The van der Waals surface area contributed by atoms with E-state index in [1.165, 1.54) is 5.56 Å². The van der Waals surface area contributed by atoms with E-state index in [4.69, 9.17) is 0 Å². The van der Waals surface area contributed by atoms with Crippen LogP contribution < -0.4 is 4.90 Å². The number of piperidine rings is 1. The molecule has 0 radical (unpaired) electrons. The Bertz CT molecular complexity index is 704. The van der Waals surface area contributed by atoms with Gasteiger partial charge in [0.2, 0.25) is 5.91 Å². The van der Waals surface area contributed by atoms with E-state index in [1.807, 2.05) is 30.5 Å². The zero-order valence-corrected chi connectivity index (χ0v) is 14.6. The summed E-state index contributed by atoms with van der Waals surface area (Å²) < 4.78 is 0. The van der Waals surface area contributed by atoms with Gasteiger partial charge < -0.3 is 9.80 Å². The summed E-state index contributed by atoms with van der Waals surface area (Å²) in [5, 5.41) is 0. The van der Waals surface area contributed by atoms with Gasteiger partial charge in [0.1, 0.15) is 5.82 Å². The molecule has 0 saturated carbocycles. The summed E-state index contributed by atoms with van der Waals surface area (Å²) in [6, 6.07) is 16.7. The molecular weight excluding hydrogens is 310 g/mol. The summed E-state index contributed by atoms with van der Waals surface area (Å²) >= 11 is 0. The Morgan fingerprint density at radius 3 is 2.56 bits per heavy atom. The first-order valence-electron chi connectivity index (χ1n) is 9.34. The summed E-state index contributed by atoms with van der Waals surface area (Å²) in [6.07, 6.45) is 6.04. The predicted octanol–water partition coefficient (Wildman–Crippen LogP) is 3.66. The van der Waals surface area contributed by atoms with Gasteiger partial charge in [0.05, 0.1) is 12.0 Å². The number of carbonyl (C=O) groups excluding carboxylic acids is 1. The lowest BCUT2D eigenvalue weighted by atomic mass is 9.95. The molecule has 1 aromatic carbocycles. The van der Waals surface area contributed by atoms with Gasteiger partial charge in [0.25, 0.3) is 0 Å². The van der Waals surface area contributed by atoms with Crippen molar-refractivity contribution in [2.75, 3.05) is 24.5 Å². The van der Waals surface area contributed by atoms with Crippen LogP contribution in [0.15, 0.2) is 54.7 Å². The third kappa shape index (κ3) is 3.39. The second-order valence-electron chi connectivity index (χ2n) is 7.07. The number of pyridine rings is 1. The highest BCUT2D eigenvalue weighted by molar-refractivity contribution is 5.80. The quantitative estimate of drug-likeness (QED) is 0.859. The zero-order valence-electron chi connectivity index (χ0n) is 14.6. The molecule has 3 heterocycles. The molecule has 1 amide bonds. The van der Waals surface area contributed by atoms with Crippen LogP contribution in [0.5, 0.6) is 0 Å². The van der Waals surface area contributed by atoms with Crippen molar-refractivity contribution < 1.29 is 4.79 Å². The van der Waals surface area contributed by atoms with E-state index < -0.39 is 0 Å². The molecule has 2 saturated heterocycles. The standard InChI is InChI=1S/C21H25N3O/c25-21(24-15-7-11-19(24)17-8-2-1-3-9-17)18-10-6-14-23(16-18)20-12-4-5-13-22-20/h1-5,8-9,12-13,18-19H,6-7,10-11,14-16H2/t18-,19+/m0/s1. The predicted molar refractivity (Wildman–Crippen MR) is 99.3 cm³/mol. The van der Waals surface area contributed by atoms with Gasteiger partial charge in [0.15, 0.2) is 0 Å². The van der Waals surface area contributed by atoms with Gasteiger partial charge in [-0.2, -0.15) is 0 Å². The maximum absolute atomic E-state index is 13.2. The van der Waals surface area contributed by atoms with Crippen LogP contribution in [0, 0.1) is 5.92 Å². The number of hydrogen-bond acceptors (Lipinski definition) is 3. The minimum Gasteiger partial charge on any atom is -0.356 e. The molecule has 2 fully saturated rings. The first-order valence-corrected chi connectivity index (χ1v) is 9.34. The van der Waals surface area contributed by atoms with Crippen molar-refractivity contribution in [1.82, 2.24) is 9.88 Å². The molecule has 130 valence electrons. The highest BCUT2D eigenvalue weighted by Gasteiger charge is 2.35. The van der Waals surface area contributed by atoms with Gasteiger partial charge in [0, 0.05) is 25.8 Å². The lowest BCUT2D eigenvalue weighted by Gasteiger charge is -2.36. The number of nitrogens with zero attached hydrogens (tertiary/aromatic N) is 3. The van der Waals surface area contributed by atoms with E-state index in [-0.39, 0.29) is 12.0 Å². The van der Waals surface area contributed by atoms with Crippen LogP contribution in [0.4, 0.5) is 5.82 Å². The van der Waals surface area contributed by atoms with Crippen LogP contribution in [0.2, 0.25) is 0 Å². The number of carbonyl (C=O) groups is 1. The van der Waals surface area contributed by atoms with Gasteiger partial charge in [-0.25, -0.2) is 4.98 Å². The minimum absolute atomic E-state index is 0.0834. The summed E-state index contributed by atoms with van der Waals surface area (Å²) in [5.74, 6) is 1.40. The number of rotatable bonds is 3. The fourth-order valence-electron chi connectivity index (χ4n) is 4.21. The first-order chi connectivity index (χ1) is 12.3. The average Bonchev–Trinajstić information content (AvgIpc) is 3.19. The Balaban J connectivity index is 1.48. The van der Waals surface area contributed by atoms with Gasteiger partial charge in [-0.1, -0.05) is 36.4 Å². The van der Waals surface area contributed by atoms with E-state index in [0.717, 1.165) is 51.1 Å². The second-order valence-corrected chi connectivity index (χ2v) is 7.07. The Kier molecular flexibility index (Phi) is 4.68. The van der Waals surface area contributed by atoms with E-state index in [2.05, 4.69) is 39.0 Å². The van der Waals surface area contributed by atoms with Crippen molar-refractivity contribution in [2.24, 2.45) is 5.92 Å². The van der Waals surface area contributed by atoms with E-state index >= 15 is 0 Å². The number of anilines is 1. The monoisotopic (exact) mass is 335 g/mol. The molecule has 2 atom stereocenters. The Morgan fingerprint density at radius 1 is 0.960 bits per heavy atom. The normalized spacial score (nSPS) is 23.7. The van der Waals surface area contributed by atoms with Crippen LogP contribution in [0.3, 0.4) is 0 Å². The molecule has 4 heteroatoms. The Hall–Kier alpha value is -2.36. The highest BCUT2D eigenvalue weighted by Crippen LogP contribution is 2.34. The third-order valence-corrected chi connectivity index (χ3v) is 5.46. The maximum atomic E-state index is 13.2. The fraction of sp³-hybridized carbons (Fsp3) is 0.429. The Labute approximate surface area is 149 Å². The molecule has 0 unspecified atom stereocenters. The second kappa shape index (κ2) is 7.26. The summed E-state index contributed by atoms with van der Waals surface area (Å²) in [4.78, 5) is 22.1. The summed E-state index contributed by atoms with van der Waals surface area (Å²) in [5.41, 5.74) is 1.27. The fourth-order valence-corrected chi connectivity index (χ4v) is 4.21. The maximum Gasteiger partial charge on any atom is 0.227 e. The van der Waals surface area contributed by atoms with Crippen LogP contribution in [0.25, 0.3) is 0 Å². The number of amides is 1. The number of benzene rings is 1. The molecule has 0 bridgehead atoms. The molecule has 2 aliphatic heterocycles. The molecular formula is C21H25N3O. The van der Waals surface area contributed by atoms with Crippen molar-refractivity contribution in [2.45, 2.75) is 31.7 Å². The van der Waals surface area contributed by atoms with E-state index in [0.29, 0.717) is 5.91 Å². The van der Waals surface area contributed by atoms with Crippen molar-refractivity contribution in [3.05, 3.63) is 60.3 Å². The molecule has 4 rings (SSSR count). The smallest absolute Gasteiger partial charge is 0.227 e.